The standard InChI is InChI=1S/C25H27ClN4O3/c1-25(2)16-12-30(24(33)19-10-15-17(26)6-4-7-18(15)29-19)22(21(16)25)23(32)28-14(11-27)9-13-5-3-8-20(13)31/h4,6-7,10,13-14,16,21-22,29H,3,5,8-9,12H2,1-2H3,(H,28,32)/t13?,14-,16-,21-,22-/m0/s1. The second-order valence-corrected chi connectivity index (χ2v) is 10.6. The molecule has 8 heteroatoms. The van der Waals surface area contributed by atoms with Gasteiger partial charge in [-0.25, -0.2) is 0 Å². The second kappa shape index (κ2) is 7.88. The first kappa shape index (κ1) is 22.0. The van der Waals surface area contributed by atoms with Gasteiger partial charge in [0.1, 0.15) is 23.6 Å². The number of aromatic nitrogens is 1. The van der Waals surface area contributed by atoms with E-state index >= 15 is 0 Å². The molecule has 2 aromatic rings. The zero-order chi connectivity index (χ0) is 23.5. The molecule has 1 saturated heterocycles. The van der Waals surface area contributed by atoms with Gasteiger partial charge in [0.15, 0.2) is 0 Å². The highest BCUT2D eigenvalue weighted by atomic mass is 35.5. The van der Waals surface area contributed by atoms with Crippen molar-refractivity contribution in [2.24, 2.45) is 23.2 Å². The summed E-state index contributed by atoms with van der Waals surface area (Å²) in [6.07, 6.45) is 2.49. The lowest BCUT2D eigenvalue weighted by Gasteiger charge is -2.30. The number of hydrogen-bond acceptors (Lipinski definition) is 4. The fraction of sp³-hybridized carbons (Fsp3) is 0.520. The molecule has 1 unspecified atom stereocenters. The number of piperidine rings is 1. The molecule has 0 bridgehead atoms. The van der Waals surface area contributed by atoms with Crippen molar-refractivity contribution in [3.8, 4) is 6.07 Å². The molecule has 5 rings (SSSR count). The number of fused-ring (bicyclic) bond motifs is 2. The van der Waals surface area contributed by atoms with Gasteiger partial charge in [0, 0.05) is 34.8 Å². The molecular weight excluding hydrogens is 440 g/mol. The Balaban J connectivity index is 1.37. The maximum absolute atomic E-state index is 13.5. The first-order valence-electron chi connectivity index (χ1n) is 11.5. The molecule has 2 heterocycles. The number of nitrogens with zero attached hydrogens (tertiary/aromatic N) is 2. The van der Waals surface area contributed by atoms with Gasteiger partial charge >= 0.3 is 0 Å². The molecule has 172 valence electrons. The molecule has 0 radical (unpaired) electrons. The fourth-order valence-electron chi connectivity index (χ4n) is 6.01. The third kappa shape index (κ3) is 3.61. The number of aromatic amines is 1. The number of amides is 2. The van der Waals surface area contributed by atoms with Gasteiger partial charge in [0.25, 0.3) is 5.91 Å². The Labute approximate surface area is 197 Å². The number of nitriles is 1. The second-order valence-electron chi connectivity index (χ2n) is 10.2. The van der Waals surface area contributed by atoms with Crippen LogP contribution in [-0.4, -0.2) is 46.1 Å². The highest BCUT2D eigenvalue weighted by Gasteiger charge is 2.69. The lowest BCUT2D eigenvalue weighted by Crippen LogP contribution is -2.52. The number of halogens is 1. The van der Waals surface area contributed by atoms with Crippen molar-refractivity contribution in [1.82, 2.24) is 15.2 Å². The molecule has 2 saturated carbocycles. The highest BCUT2D eigenvalue weighted by molar-refractivity contribution is 6.35. The summed E-state index contributed by atoms with van der Waals surface area (Å²) in [5, 5.41) is 13.8. The topological polar surface area (TPSA) is 106 Å². The summed E-state index contributed by atoms with van der Waals surface area (Å²) in [6, 6.07) is 7.93. The fourth-order valence-corrected chi connectivity index (χ4v) is 6.24. The van der Waals surface area contributed by atoms with Crippen LogP contribution in [0.3, 0.4) is 0 Å². The van der Waals surface area contributed by atoms with Crippen LogP contribution in [0.5, 0.6) is 0 Å². The molecule has 33 heavy (non-hydrogen) atoms. The lowest BCUT2D eigenvalue weighted by atomic mass is 9.96. The number of likely N-dealkylation sites (tertiary alicyclic amines) is 1. The van der Waals surface area contributed by atoms with Gasteiger partial charge in [0.2, 0.25) is 5.91 Å². The first-order chi connectivity index (χ1) is 15.7. The molecule has 2 amide bonds. The molecule has 2 N–H and O–H groups in total. The number of carbonyl (C=O) groups is 3. The SMILES string of the molecule is CC1(C)[C@@H]2[C@@H](C(=O)N[C@H](C#N)CC3CCCC3=O)N(C(=O)c3cc4c(Cl)cccc4[nH]3)C[C@@H]21. The molecule has 1 aromatic heterocycles. The molecular formula is C25H27ClN4O3. The van der Waals surface area contributed by atoms with E-state index in [1.165, 1.54) is 0 Å². The summed E-state index contributed by atoms with van der Waals surface area (Å²) in [5.74, 6) is -0.276. The van der Waals surface area contributed by atoms with Crippen LogP contribution >= 0.6 is 11.6 Å². The molecule has 3 fully saturated rings. The number of H-pyrrole nitrogens is 1. The zero-order valence-electron chi connectivity index (χ0n) is 18.7. The van der Waals surface area contributed by atoms with Gasteiger partial charge in [-0.1, -0.05) is 31.5 Å². The Morgan fingerprint density at radius 2 is 2.18 bits per heavy atom. The van der Waals surface area contributed by atoms with Crippen molar-refractivity contribution >= 4 is 40.1 Å². The molecule has 3 aliphatic rings. The molecule has 0 spiro atoms. The molecule has 2 aliphatic carbocycles. The van der Waals surface area contributed by atoms with Gasteiger partial charge in [0.05, 0.1) is 6.07 Å². The normalized spacial score (nSPS) is 28.4. The average molecular weight is 467 g/mol. The van der Waals surface area contributed by atoms with Crippen molar-refractivity contribution in [1.29, 1.82) is 5.26 Å². The van der Waals surface area contributed by atoms with Crippen LogP contribution < -0.4 is 5.32 Å². The zero-order valence-corrected chi connectivity index (χ0v) is 19.5. The predicted molar refractivity (Wildman–Crippen MR) is 123 cm³/mol. The number of Topliss-reactive ketones (excluding diaryl/α,β-unsaturated/α-hetero) is 1. The predicted octanol–water partition coefficient (Wildman–Crippen LogP) is 3.69. The monoisotopic (exact) mass is 466 g/mol. The number of rotatable bonds is 5. The molecule has 7 nitrogen and oxygen atoms in total. The van der Waals surface area contributed by atoms with Crippen LogP contribution in [0.4, 0.5) is 0 Å². The van der Waals surface area contributed by atoms with Crippen molar-refractivity contribution in [2.45, 2.75) is 51.6 Å². The number of benzene rings is 1. The maximum Gasteiger partial charge on any atom is 0.271 e. The minimum Gasteiger partial charge on any atom is -0.350 e. The number of ketones is 1. The maximum atomic E-state index is 13.5. The minimum atomic E-state index is -0.741. The quantitative estimate of drug-likeness (QED) is 0.700. The van der Waals surface area contributed by atoms with Crippen LogP contribution in [-0.2, 0) is 9.59 Å². The van der Waals surface area contributed by atoms with E-state index in [0.717, 1.165) is 23.7 Å². The van der Waals surface area contributed by atoms with Crippen molar-refractivity contribution in [3.05, 3.63) is 35.0 Å². The Morgan fingerprint density at radius 3 is 2.85 bits per heavy atom. The molecule has 1 aromatic carbocycles. The van der Waals surface area contributed by atoms with Gasteiger partial charge in [-0.05, 0) is 54.7 Å². The van der Waals surface area contributed by atoms with E-state index in [1.807, 2.05) is 12.1 Å². The van der Waals surface area contributed by atoms with E-state index in [0.29, 0.717) is 30.1 Å². The van der Waals surface area contributed by atoms with E-state index in [-0.39, 0.29) is 40.8 Å². The van der Waals surface area contributed by atoms with Gasteiger partial charge in [-0.15, -0.1) is 0 Å². The summed E-state index contributed by atoms with van der Waals surface area (Å²) < 4.78 is 0. The van der Waals surface area contributed by atoms with Gasteiger partial charge < -0.3 is 15.2 Å². The average Bonchev–Trinajstić information content (AvgIpc) is 3.30. The largest absolute Gasteiger partial charge is 0.350 e. The van der Waals surface area contributed by atoms with E-state index in [2.05, 4.69) is 30.2 Å². The van der Waals surface area contributed by atoms with Crippen LogP contribution in [0.25, 0.3) is 10.9 Å². The lowest BCUT2D eigenvalue weighted by molar-refractivity contribution is -0.127. The summed E-state index contributed by atoms with van der Waals surface area (Å²) in [4.78, 5) is 43.6. The van der Waals surface area contributed by atoms with E-state index in [9.17, 15) is 19.6 Å². The van der Waals surface area contributed by atoms with Crippen molar-refractivity contribution in [3.63, 3.8) is 0 Å². The number of nitrogens with one attached hydrogen (secondary N) is 2. The van der Waals surface area contributed by atoms with Crippen molar-refractivity contribution < 1.29 is 14.4 Å². The summed E-state index contributed by atoms with van der Waals surface area (Å²) in [6.45, 7) is 4.73. The van der Waals surface area contributed by atoms with Crippen LogP contribution in [0.15, 0.2) is 24.3 Å². The summed E-state index contributed by atoms with van der Waals surface area (Å²) in [5.41, 5.74) is 1.12. The molecule has 1 aliphatic heterocycles. The van der Waals surface area contributed by atoms with Crippen molar-refractivity contribution in [2.75, 3.05) is 6.54 Å². The summed E-state index contributed by atoms with van der Waals surface area (Å²) >= 11 is 6.27. The highest BCUT2D eigenvalue weighted by Crippen LogP contribution is 2.65. The third-order valence-corrected chi connectivity index (χ3v) is 8.33. The van der Waals surface area contributed by atoms with E-state index < -0.39 is 12.1 Å². The Kier molecular flexibility index (Phi) is 5.24. The Bertz CT molecular complexity index is 1200. The molecule has 5 atom stereocenters. The minimum absolute atomic E-state index is 0.0356. The first-order valence-corrected chi connectivity index (χ1v) is 11.9. The van der Waals surface area contributed by atoms with Crippen LogP contribution in [0, 0.1) is 34.5 Å². The van der Waals surface area contributed by atoms with Crippen LogP contribution in [0.1, 0.15) is 50.0 Å². The smallest absolute Gasteiger partial charge is 0.271 e. The summed E-state index contributed by atoms with van der Waals surface area (Å²) in [7, 11) is 0. The Morgan fingerprint density at radius 1 is 1.39 bits per heavy atom. The number of hydrogen-bond donors (Lipinski definition) is 2. The van der Waals surface area contributed by atoms with Gasteiger partial charge in [-0.2, -0.15) is 5.26 Å². The van der Waals surface area contributed by atoms with Crippen LogP contribution in [0.2, 0.25) is 5.02 Å². The Hall–Kier alpha value is -2.85. The van der Waals surface area contributed by atoms with E-state index in [1.54, 1.807) is 17.0 Å². The third-order valence-electron chi connectivity index (χ3n) is 8.00. The van der Waals surface area contributed by atoms with Gasteiger partial charge in [-0.3, -0.25) is 14.4 Å². The number of carbonyl (C=O) groups excluding carboxylic acids is 3. The van der Waals surface area contributed by atoms with E-state index in [4.69, 9.17) is 11.6 Å².